The van der Waals surface area contributed by atoms with Gasteiger partial charge in [0.15, 0.2) is 6.61 Å². The number of ether oxygens (including phenoxy) is 1. The van der Waals surface area contributed by atoms with E-state index in [0.29, 0.717) is 13.1 Å². The maximum atomic E-state index is 11.4. The zero-order valence-corrected chi connectivity index (χ0v) is 9.19. The van der Waals surface area contributed by atoms with Crippen LogP contribution in [-0.2, 0) is 4.79 Å². The molecule has 5 heteroatoms. The number of likely N-dealkylation sites (N-methyl/N-ethyl adjacent to an activating group) is 1. The Kier molecular flexibility index (Phi) is 2.96. The fourth-order valence-electron chi connectivity index (χ4n) is 1.60. The Morgan fingerprint density at radius 2 is 2.38 bits per heavy atom. The lowest BCUT2D eigenvalue weighted by Crippen LogP contribution is -2.35. The molecule has 1 aromatic rings. The molecule has 2 rings (SSSR count). The second kappa shape index (κ2) is 4.40. The maximum Gasteiger partial charge on any atom is 0.264 e. The molecule has 0 aliphatic carbocycles. The summed E-state index contributed by atoms with van der Waals surface area (Å²) in [6.45, 7) is 1.39. The van der Waals surface area contributed by atoms with Crippen LogP contribution in [0.4, 0.5) is 11.4 Å². The highest BCUT2D eigenvalue weighted by Crippen LogP contribution is 2.33. The molecule has 0 bridgehead atoms. The molecule has 0 atom stereocenters. The van der Waals surface area contributed by atoms with Gasteiger partial charge < -0.3 is 20.7 Å². The molecule has 1 heterocycles. The molecule has 0 spiro atoms. The van der Waals surface area contributed by atoms with Crippen molar-refractivity contribution in [2.45, 2.75) is 0 Å². The van der Waals surface area contributed by atoms with Gasteiger partial charge in [-0.15, -0.1) is 0 Å². The van der Waals surface area contributed by atoms with E-state index in [9.17, 15) is 4.79 Å². The highest BCUT2D eigenvalue weighted by molar-refractivity contribution is 5.97. The molecule has 0 aromatic heterocycles. The Bertz CT molecular complexity index is 406. The van der Waals surface area contributed by atoms with Crippen molar-refractivity contribution in [1.29, 1.82) is 0 Å². The predicted octanol–water partition coefficient (Wildman–Crippen LogP) is 0.412. The van der Waals surface area contributed by atoms with Gasteiger partial charge in [-0.05, 0) is 18.2 Å². The van der Waals surface area contributed by atoms with E-state index >= 15 is 0 Å². The van der Waals surface area contributed by atoms with E-state index in [4.69, 9.17) is 10.5 Å². The van der Waals surface area contributed by atoms with E-state index in [-0.39, 0.29) is 12.5 Å². The average molecular weight is 221 g/mol. The van der Waals surface area contributed by atoms with Gasteiger partial charge in [-0.2, -0.15) is 0 Å². The predicted molar refractivity (Wildman–Crippen MR) is 62.9 cm³/mol. The zero-order valence-electron chi connectivity index (χ0n) is 9.19. The number of fused-ring (bicyclic) bond motifs is 1. The van der Waals surface area contributed by atoms with Gasteiger partial charge >= 0.3 is 0 Å². The highest BCUT2D eigenvalue weighted by atomic mass is 16.5. The second-order valence-corrected chi connectivity index (χ2v) is 3.64. The Morgan fingerprint density at radius 3 is 3.12 bits per heavy atom. The molecule has 1 amide bonds. The van der Waals surface area contributed by atoms with Crippen LogP contribution in [0.15, 0.2) is 18.2 Å². The highest BCUT2D eigenvalue weighted by Gasteiger charge is 2.22. The summed E-state index contributed by atoms with van der Waals surface area (Å²) in [5, 5.41) is 3.16. The first-order valence-corrected chi connectivity index (χ1v) is 5.19. The number of nitrogens with zero attached hydrogens (tertiary/aromatic N) is 1. The minimum absolute atomic E-state index is 0.0384. The number of nitrogens with one attached hydrogen (secondary N) is 1. The van der Waals surface area contributed by atoms with Crippen LogP contribution in [0.1, 0.15) is 0 Å². The van der Waals surface area contributed by atoms with E-state index in [1.165, 1.54) is 0 Å². The summed E-state index contributed by atoms with van der Waals surface area (Å²) in [6, 6.07) is 5.66. The summed E-state index contributed by atoms with van der Waals surface area (Å²) in [5.74, 6) is 0.698. The van der Waals surface area contributed by atoms with Gasteiger partial charge in [0.1, 0.15) is 5.75 Å². The van der Waals surface area contributed by atoms with Crippen molar-refractivity contribution in [3.63, 3.8) is 0 Å². The van der Waals surface area contributed by atoms with E-state index < -0.39 is 0 Å². The smallest absolute Gasteiger partial charge is 0.264 e. The zero-order chi connectivity index (χ0) is 11.5. The van der Waals surface area contributed by atoms with Gasteiger partial charge in [-0.1, -0.05) is 0 Å². The molecular weight excluding hydrogens is 206 g/mol. The van der Waals surface area contributed by atoms with E-state index in [1.807, 2.05) is 18.2 Å². The molecule has 1 aliphatic rings. The largest absolute Gasteiger partial charge is 0.482 e. The summed E-state index contributed by atoms with van der Waals surface area (Å²) >= 11 is 0. The Labute approximate surface area is 94.2 Å². The number of carbonyl (C=O) groups excluding carboxylic acids is 1. The van der Waals surface area contributed by atoms with Crippen molar-refractivity contribution in [2.75, 3.05) is 37.0 Å². The van der Waals surface area contributed by atoms with Gasteiger partial charge in [0, 0.05) is 25.8 Å². The maximum absolute atomic E-state index is 11.4. The lowest BCUT2D eigenvalue weighted by Gasteiger charge is -2.26. The molecular formula is C11H15N3O2. The molecule has 5 nitrogen and oxygen atoms in total. The van der Waals surface area contributed by atoms with Crippen LogP contribution in [0.25, 0.3) is 0 Å². The minimum atomic E-state index is -0.0384. The van der Waals surface area contributed by atoms with Crippen molar-refractivity contribution in [3.8, 4) is 5.75 Å². The molecule has 1 aromatic carbocycles. The van der Waals surface area contributed by atoms with Gasteiger partial charge in [-0.25, -0.2) is 0 Å². The van der Waals surface area contributed by atoms with Crippen LogP contribution in [0, 0.1) is 0 Å². The number of nitrogens with two attached hydrogens (primary N) is 1. The Balaban J connectivity index is 2.25. The number of anilines is 2. The van der Waals surface area contributed by atoms with Gasteiger partial charge in [0.25, 0.3) is 5.91 Å². The normalized spacial score (nSPS) is 14.4. The van der Waals surface area contributed by atoms with Crippen LogP contribution in [0.3, 0.4) is 0 Å². The number of hydrogen-bond donors (Lipinski definition) is 2. The summed E-state index contributed by atoms with van der Waals surface area (Å²) in [5.41, 5.74) is 7.14. The number of carbonyl (C=O) groups is 1. The molecule has 0 saturated heterocycles. The van der Waals surface area contributed by atoms with Crippen molar-refractivity contribution >= 4 is 17.3 Å². The van der Waals surface area contributed by atoms with Crippen molar-refractivity contribution in [3.05, 3.63) is 18.2 Å². The first-order valence-electron chi connectivity index (χ1n) is 5.19. The summed E-state index contributed by atoms with van der Waals surface area (Å²) < 4.78 is 5.32. The van der Waals surface area contributed by atoms with E-state index in [2.05, 4.69) is 5.32 Å². The SMILES string of the molecule is CN1C(=O)COc2ccc(NCCN)cc21. The third-order valence-corrected chi connectivity index (χ3v) is 2.52. The van der Waals surface area contributed by atoms with E-state index in [1.54, 1.807) is 11.9 Å². The van der Waals surface area contributed by atoms with Crippen molar-refractivity contribution in [1.82, 2.24) is 0 Å². The molecule has 16 heavy (non-hydrogen) atoms. The third-order valence-electron chi connectivity index (χ3n) is 2.52. The molecule has 0 saturated carbocycles. The first kappa shape index (κ1) is 10.8. The number of amides is 1. The second-order valence-electron chi connectivity index (χ2n) is 3.64. The van der Waals surface area contributed by atoms with Crippen molar-refractivity contribution in [2.24, 2.45) is 5.73 Å². The number of hydrogen-bond acceptors (Lipinski definition) is 4. The van der Waals surface area contributed by atoms with Crippen LogP contribution in [0.2, 0.25) is 0 Å². The Hall–Kier alpha value is -1.75. The molecule has 86 valence electrons. The average Bonchev–Trinajstić information content (AvgIpc) is 2.31. The standard InChI is InChI=1S/C11H15N3O2/c1-14-9-6-8(13-5-4-12)2-3-10(9)16-7-11(14)15/h2-3,6,13H,4-5,7,12H2,1H3. The monoisotopic (exact) mass is 221 g/mol. The van der Waals surface area contributed by atoms with Gasteiger partial charge in [0.2, 0.25) is 0 Å². The van der Waals surface area contributed by atoms with Crippen LogP contribution in [0.5, 0.6) is 5.75 Å². The third kappa shape index (κ3) is 1.94. The molecule has 3 N–H and O–H groups in total. The van der Waals surface area contributed by atoms with Crippen LogP contribution in [-0.4, -0.2) is 32.7 Å². The topological polar surface area (TPSA) is 67.6 Å². The summed E-state index contributed by atoms with van der Waals surface area (Å²) in [7, 11) is 1.75. The number of rotatable bonds is 3. The molecule has 0 unspecified atom stereocenters. The molecule has 0 radical (unpaired) electrons. The quantitative estimate of drug-likeness (QED) is 0.776. The Morgan fingerprint density at radius 1 is 1.56 bits per heavy atom. The lowest BCUT2D eigenvalue weighted by atomic mass is 10.2. The minimum Gasteiger partial charge on any atom is -0.482 e. The molecule has 0 fully saturated rings. The van der Waals surface area contributed by atoms with Crippen LogP contribution >= 0.6 is 0 Å². The molecule has 1 aliphatic heterocycles. The van der Waals surface area contributed by atoms with Gasteiger partial charge in [0.05, 0.1) is 5.69 Å². The number of benzene rings is 1. The van der Waals surface area contributed by atoms with E-state index in [0.717, 1.165) is 17.1 Å². The lowest BCUT2D eigenvalue weighted by molar-refractivity contribution is -0.120. The summed E-state index contributed by atoms with van der Waals surface area (Å²) in [6.07, 6.45) is 0. The fourth-order valence-corrected chi connectivity index (χ4v) is 1.60. The first-order chi connectivity index (χ1) is 7.72. The summed E-state index contributed by atoms with van der Waals surface area (Å²) in [4.78, 5) is 13.0. The van der Waals surface area contributed by atoms with Crippen molar-refractivity contribution < 1.29 is 9.53 Å². The fraction of sp³-hybridized carbons (Fsp3) is 0.364. The van der Waals surface area contributed by atoms with Crippen LogP contribution < -0.4 is 20.7 Å². The van der Waals surface area contributed by atoms with Gasteiger partial charge in [-0.3, -0.25) is 4.79 Å².